The van der Waals surface area contributed by atoms with Crippen molar-refractivity contribution in [3.8, 4) is 0 Å². The Kier molecular flexibility index (Phi) is 5.03. The second-order valence-electron chi connectivity index (χ2n) is 7.38. The molecule has 0 saturated heterocycles. The largest absolute Gasteiger partial charge is 0.361 e. The molecule has 0 aromatic carbocycles. The summed E-state index contributed by atoms with van der Waals surface area (Å²) in [5, 5.41) is 1.99. The molecule has 0 saturated carbocycles. The van der Waals surface area contributed by atoms with Gasteiger partial charge in [-0.2, -0.15) is 0 Å². The summed E-state index contributed by atoms with van der Waals surface area (Å²) < 4.78 is 7.90. The quantitative estimate of drug-likeness (QED) is 0.599. The van der Waals surface area contributed by atoms with Crippen molar-refractivity contribution in [3.05, 3.63) is 18.3 Å². The van der Waals surface area contributed by atoms with Crippen molar-refractivity contribution in [1.82, 2.24) is 9.55 Å². The van der Waals surface area contributed by atoms with Gasteiger partial charge < -0.3 is 14.2 Å². The summed E-state index contributed by atoms with van der Waals surface area (Å²) in [6, 6.07) is 5.28. The predicted molar refractivity (Wildman–Crippen MR) is 103 cm³/mol. The molecular formula is C17H25N3O2SSi. The van der Waals surface area contributed by atoms with E-state index in [1.165, 1.54) is 6.04 Å². The van der Waals surface area contributed by atoms with E-state index in [1.54, 1.807) is 18.7 Å². The van der Waals surface area contributed by atoms with E-state index in [2.05, 4.69) is 25.7 Å². The number of anilines is 1. The number of nitrogens with zero attached hydrogens (tertiary/aromatic N) is 3. The van der Waals surface area contributed by atoms with Gasteiger partial charge in [-0.15, -0.1) is 11.8 Å². The van der Waals surface area contributed by atoms with Crippen LogP contribution in [-0.2, 0) is 16.3 Å². The molecule has 2 aromatic heterocycles. The lowest BCUT2D eigenvalue weighted by atomic mass is 10.3. The zero-order valence-corrected chi connectivity index (χ0v) is 16.7. The first-order chi connectivity index (χ1) is 11.3. The van der Waals surface area contributed by atoms with E-state index < -0.39 is 8.07 Å². The molecule has 24 heavy (non-hydrogen) atoms. The van der Waals surface area contributed by atoms with Crippen molar-refractivity contribution >= 4 is 42.5 Å². The Balaban J connectivity index is 1.79. The summed E-state index contributed by atoms with van der Waals surface area (Å²) in [6.07, 6.45) is 2.01. The summed E-state index contributed by atoms with van der Waals surface area (Å²) in [7, 11) is -1.06. The lowest BCUT2D eigenvalue weighted by molar-refractivity contribution is -0.116. The summed E-state index contributed by atoms with van der Waals surface area (Å²) in [5.74, 6) is 0.963. The van der Waals surface area contributed by atoms with Crippen LogP contribution >= 0.6 is 11.8 Å². The first-order valence-electron chi connectivity index (χ1n) is 8.34. The fraction of sp³-hybridized carbons (Fsp3) is 0.529. The van der Waals surface area contributed by atoms with E-state index in [-0.39, 0.29) is 5.91 Å². The van der Waals surface area contributed by atoms with Gasteiger partial charge in [-0.1, -0.05) is 19.6 Å². The predicted octanol–water partition coefficient (Wildman–Crippen LogP) is 3.81. The average Bonchev–Trinajstić information content (AvgIpc) is 2.90. The Morgan fingerprint density at radius 3 is 2.92 bits per heavy atom. The van der Waals surface area contributed by atoms with Crippen molar-refractivity contribution in [2.45, 2.75) is 44.4 Å². The Labute approximate surface area is 148 Å². The van der Waals surface area contributed by atoms with Crippen molar-refractivity contribution in [3.63, 3.8) is 0 Å². The molecule has 1 aliphatic rings. The van der Waals surface area contributed by atoms with Gasteiger partial charge >= 0.3 is 0 Å². The summed E-state index contributed by atoms with van der Waals surface area (Å²) in [4.78, 5) is 18.4. The zero-order valence-electron chi connectivity index (χ0n) is 14.8. The minimum Gasteiger partial charge on any atom is -0.361 e. The number of ether oxygens (including phenoxy) is 1. The summed E-state index contributed by atoms with van der Waals surface area (Å²) in [6.45, 7) is 10.8. The van der Waals surface area contributed by atoms with Crippen LogP contribution in [0.3, 0.4) is 0 Å². The number of pyridine rings is 1. The van der Waals surface area contributed by atoms with E-state index in [9.17, 15) is 4.79 Å². The van der Waals surface area contributed by atoms with Gasteiger partial charge in [0.2, 0.25) is 5.91 Å². The maximum Gasteiger partial charge on any atom is 0.223 e. The molecule has 0 radical (unpaired) electrons. The Bertz CT molecular complexity index is 754. The molecule has 0 spiro atoms. The number of aromatic nitrogens is 2. The van der Waals surface area contributed by atoms with Gasteiger partial charge in [-0.3, -0.25) is 4.79 Å². The van der Waals surface area contributed by atoms with Crippen LogP contribution in [-0.4, -0.2) is 42.4 Å². The third kappa shape index (κ3) is 3.84. The van der Waals surface area contributed by atoms with Crippen molar-refractivity contribution in [2.24, 2.45) is 0 Å². The molecule has 0 fully saturated rings. The molecule has 0 atom stereocenters. The van der Waals surface area contributed by atoms with Crippen LogP contribution in [0, 0.1) is 0 Å². The van der Waals surface area contributed by atoms with Crippen LogP contribution in [0.15, 0.2) is 23.4 Å². The Morgan fingerprint density at radius 1 is 1.42 bits per heavy atom. The van der Waals surface area contributed by atoms with Gasteiger partial charge in [0.15, 0.2) is 0 Å². The van der Waals surface area contributed by atoms with Gasteiger partial charge in [0, 0.05) is 45.5 Å². The molecule has 1 amide bonds. The average molecular weight is 364 g/mol. The molecule has 0 aliphatic carbocycles. The van der Waals surface area contributed by atoms with Crippen LogP contribution in [0.5, 0.6) is 0 Å². The molecule has 0 bridgehead atoms. The summed E-state index contributed by atoms with van der Waals surface area (Å²) in [5.41, 5.74) is 1.86. The monoisotopic (exact) mass is 363 g/mol. The Morgan fingerprint density at radius 2 is 2.21 bits per heavy atom. The third-order valence-electron chi connectivity index (χ3n) is 4.13. The lowest BCUT2D eigenvalue weighted by Crippen LogP contribution is -2.33. The van der Waals surface area contributed by atoms with Gasteiger partial charge in [0.1, 0.15) is 17.4 Å². The van der Waals surface area contributed by atoms with Crippen molar-refractivity contribution < 1.29 is 9.53 Å². The van der Waals surface area contributed by atoms with E-state index in [0.29, 0.717) is 6.73 Å². The zero-order chi connectivity index (χ0) is 17.3. The van der Waals surface area contributed by atoms with Crippen LogP contribution in [0.25, 0.3) is 11.0 Å². The number of thioether (sulfide) groups is 1. The molecular weight excluding hydrogens is 338 g/mol. The highest BCUT2D eigenvalue weighted by Gasteiger charge is 2.23. The maximum absolute atomic E-state index is 11.8. The topological polar surface area (TPSA) is 47.4 Å². The van der Waals surface area contributed by atoms with E-state index in [0.717, 1.165) is 40.7 Å². The molecule has 3 heterocycles. The van der Waals surface area contributed by atoms with E-state index in [4.69, 9.17) is 9.72 Å². The van der Waals surface area contributed by atoms with Gasteiger partial charge in [0.25, 0.3) is 0 Å². The van der Waals surface area contributed by atoms with Crippen LogP contribution < -0.4 is 4.90 Å². The highest BCUT2D eigenvalue weighted by atomic mass is 32.2. The first kappa shape index (κ1) is 17.5. The van der Waals surface area contributed by atoms with Gasteiger partial charge in [-0.05, 0) is 18.2 Å². The minimum atomic E-state index is -1.06. The fourth-order valence-electron chi connectivity index (χ4n) is 2.71. The number of carbonyl (C=O) groups excluding carboxylic acids is 1. The molecule has 2 aromatic rings. The number of hydrogen-bond acceptors (Lipinski definition) is 4. The lowest BCUT2D eigenvalue weighted by Gasteiger charge is -2.27. The minimum absolute atomic E-state index is 0.0758. The third-order valence-corrected chi connectivity index (χ3v) is 6.80. The number of rotatable bonds is 5. The van der Waals surface area contributed by atoms with Crippen molar-refractivity contribution in [1.29, 1.82) is 0 Å². The maximum atomic E-state index is 11.8. The Hall–Kier alpha value is -1.31. The van der Waals surface area contributed by atoms with Crippen LogP contribution in [0.2, 0.25) is 25.7 Å². The van der Waals surface area contributed by atoms with Crippen LogP contribution in [0.1, 0.15) is 6.92 Å². The molecule has 5 nitrogen and oxygen atoms in total. The molecule has 3 rings (SSSR count). The second-order valence-corrected chi connectivity index (χ2v) is 14.1. The van der Waals surface area contributed by atoms with Crippen LogP contribution in [0.4, 0.5) is 5.69 Å². The number of fused-ring (bicyclic) bond motifs is 2. The summed E-state index contributed by atoms with van der Waals surface area (Å²) >= 11 is 1.71. The smallest absolute Gasteiger partial charge is 0.223 e. The molecule has 0 N–H and O–H groups in total. The standard InChI is InChI=1S/C17H25N3O2SSi/c1-13(21)20-7-9-23-17-15(20)11-14-5-6-19(16(14)18-17)12-22-8-10-24(2,3)4/h5-6,11H,7-10,12H2,1-4H3. The van der Waals surface area contributed by atoms with E-state index in [1.807, 2.05) is 21.7 Å². The fourth-order valence-corrected chi connectivity index (χ4v) is 4.40. The molecule has 7 heteroatoms. The number of hydrogen-bond donors (Lipinski definition) is 0. The number of amides is 1. The molecule has 130 valence electrons. The van der Waals surface area contributed by atoms with E-state index >= 15 is 0 Å². The SMILES string of the molecule is CC(=O)N1CCSc2nc3c(ccn3COCC[Si](C)(C)C)cc21. The normalized spacial score (nSPS) is 14.9. The highest BCUT2D eigenvalue weighted by molar-refractivity contribution is 7.99. The van der Waals surface area contributed by atoms with Gasteiger partial charge in [-0.25, -0.2) is 4.98 Å². The number of carbonyl (C=O) groups is 1. The molecule has 0 unspecified atom stereocenters. The highest BCUT2D eigenvalue weighted by Crippen LogP contribution is 2.35. The van der Waals surface area contributed by atoms with Crippen molar-refractivity contribution in [2.75, 3.05) is 23.8 Å². The van der Waals surface area contributed by atoms with Gasteiger partial charge in [0.05, 0.1) is 5.69 Å². The molecule has 1 aliphatic heterocycles. The second kappa shape index (κ2) is 6.90. The first-order valence-corrected chi connectivity index (χ1v) is 13.0.